The van der Waals surface area contributed by atoms with Gasteiger partial charge in [-0.3, -0.25) is 9.62 Å². The molecule has 0 amide bonds. The first-order chi connectivity index (χ1) is 8.50. The molecule has 0 saturated heterocycles. The normalized spacial score (nSPS) is 11.8. The van der Waals surface area contributed by atoms with E-state index in [2.05, 4.69) is 23.5 Å². The van der Waals surface area contributed by atoms with Crippen LogP contribution < -0.4 is 4.72 Å². The van der Waals surface area contributed by atoms with Gasteiger partial charge >= 0.3 is 0 Å². The van der Waals surface area contributed by atoms with Gasteiger partial charge in [0.15, 0.2) is 0 Å². The first kappa shape index (κ1) is 15.0. The summed E-state index contributed by atoms with van der Waals surface area (Å²) in [4.78, 5) is 2.29. The molecule has 0 radical (unpaired) electrons. The zero-order valence-electron chi connectivity index (χ0n) is 11.3. The van der Waals surface area contributed by atoms with Crippen LogP contribution in [-0.2, 0) is 16.6 Å². The second-order valence-corrected chi connectivity index (χ2v) is 6.18. The summed E-state index contributed by atoms with van der Waals surface area (Å²) in [6, 6.07) is 7.57. The molecule has 0 saturated carbocycles. The molecule has 102 valence electrons. The van der Waals surface area contributed by atoms with Crippen LogP contribution in [0.15, 0.2) is 24.3 Å². The highest BCUT2D eigenvalue weighted by atomic mass is 32.2. The summed E-state index contributed by atoms with van der Waals surface area (Å²) in [7, 11) is -3.19. The largest absolute Gasteiger partial charge is 0.300 e. The predicted molar refractivity (Wildman–Crippen MR) is 76.2 cm³/mol. The van der Waals surface area contributed by atoms with Gasteiger partial charge in [-0.05, 0) is 37.7 Å². The van der Waals surface area contributed by atoms with E-state index in [0.29, 0.717) is 5.69 Å². The number of hydrogen-bond donors (Lipinski definition) is 1. The fourth-order valence-electron chi connectivity index (χ4n) is 1.69. The molecule has 0 aliphatic carbocycles. The molecule has 0 fully saturated rings. The van der Waals surface area contributed by atoms with E-state index in [1.54, 1.807) is 13.0 Å². The summed E-state index contributed by atoms with van der Waals surface area (Å²) in [6.45, 7) is 8.68. The minimum atomic E-state index is -3.19. The third kappa shape index (κ3) is 4.66. The van der Waals surface area contributed by atoms with E-state index in [0.717, 1.165) is 25.2 Å². The standard InChI is InChI=1S/C13H22N2O2S/c1-4-15(5-2)11-12-8-7-9-13(10-12)14-18(16,17)6-3/h7-10,14H,4-6,11H2,1-3H3. The SMILES string of the molecule is CCN(CC)Cc1cccc(NS(=O)(=O)CC)c1. The van der Waals surface area contributed by atoms with Gasteiger partial charge in [-0.25, -0.2) is 8.42 Å². The lowest BCUT2D eigenvalue weighted by Gasteiger charge is -2.18. The molecule has 1 N–H and O–H groups in total. The Morgan fingerprint density at radius 3 is 2.39 bits per heavy atom. The van der Waals surface area contributed by atoms with E-state index < -0.39 is 10.0 Å². The maximum Gasteiger partial charge on any atom is 0.232 e. The van der Waals surface area contributed by atoms with Gasteiger partial charge in [0.2, 0.25) is 10.0 Å². The molecule has 0 spiro atoms. The highest BCUT2D eigenvalue weighted by molar-refractivity contribution is 7.92. The predicted octanol–water partition coefficient (Wildman–Crippen LogP) is 2.29. The van der Waals surface area contributed by atoms with Crippen LogP contribution in [0.5, 0.6) is 0 Å². The Hall–Kier alpha value is -1.07. The molecule has 4 nitrogen and oxygen atoms in total. The van der Waals surface area contributed by atoms with Crippen LogP contribution in [0.3, 0.4) is 0 Å². The van der Waals surface area contributed by atoms with Gasteiger partial charge in [0, 0.05) is 12.2 Å². The van der Waals surface area contributed by atoms with E-state index in [1.165, 1.54) is 0 Å². The van der Waals surface area contributed by atoms with Crippen molar-refractivity contribution >= 4 is 15.7 Å². The fourth-order valence-corrected chi connectivity index (χ4v) is 2.32. The summed E-state index contributed by atoms with van der Waals surface area (Å²) < 4.78 is 25.6. The molecule has 0 aliphatic rings. The average Bonchev–Trinajstić information content (AvgIpc) is 2.36. The summed E-state index contributed by atoms with van der Waals surface area (Å²) in [5.74, 6) is 0.0905. The first-order valence-corrected chi connectivity index (χ1v) is 7.97. The van der Waals surface area contributed by atoms with Crippen molar-refractivity contribution in [1.29, 1.82) is 0 Å². The summed E-state index contributed by atoms with van der Waals surface area (Å²) in [5, 5.41) is 0. The monoisotopic (exact) mass is 270 g/mol. The van der Waals surface area contributed by atoms with Crippen molar-refractivity contribution in [2.45, 2.75) is 27.3 Å². The third-order valence-electron chi connectivity index (χ3n) is 2.88. The molecule has 5 heteroatoms. The summed E-state index contributed by atoms with van der Waals surface area (Å²) in [6.07, 6.45) is 0. The van der Waals surface area contributed by atoms with E-state index in [9.17, 15) is 8.42 Å². The van der Waals surface area contributed by atoms with Gasteiger partial charge in [-0.1, -0.05) is 26.0 Å². The number of anilines is 1. The molecule has 0 atom stereocenters. The first-order valence-electron chi connectivity index (χ1n) is 6.32. The molecule has 0 bridgehead atoms. The lowest BCUT2D eigenvalue weighted by molar-refractivity contribution is 0.296. The van der Waals surface area contributed by atoms with Crippen LogP contribution in [-0.4, -0.2) is 32.2 Å². The van der Waals surface area contributed by atoms with E-state index >= 15 is 0 Å². The molecule has 1 aromatic rings. The van der Waals surface area contributed by atoms with Gasteiger partial charge in [-0.15, -0.1) is 0 Å². The molecular formula is C13H22N2O2S. The Balaban J connectivity index is 2.79. The van der Waals surface area contributed by atoms with Crippen molar-refractivity contribution in [1.82, 2.24) is 4.90 Å². The second-order valence-electron chi connectivity index (χ2n) is 4.17. The van der Waals surface area contributed by atoms with Crippen LogP contribution in [0, 0.1) is 0 Å². The summed E-state index contributed by atoms with van der Waals surface area (Å²) >= 11 is 0. The molecule has 0 aliphatic heterocycles. The van der Waals surface area contributed by atoms with Crippen LogP contribution >= 0.6 is 0 Å². The zero-order valence-corrected chi connectivity index (χ0v) is 12.1. The molecule has 0 heterocycles. The number of nitrogens with zero attached hydrogens (tertiary/aromatic N) is 1. The molecule has 0 unspecified atom stereocenters. The second kappa shape index (κ2) is 6.75. The lowest BCUT2D eigenvalue weighted by Crippen LogP contribution is -2.22. The van der Waals surface area contributed by atoms with Gasteiger partial charge in [0.25, 0.3) is 0 Å². The van der Waals surface area contributed by atoms with Crippen LogP contribution in [0.1, 0.15) is 26.3 Å². The molecule has 0 aromatic heterocycles. The maximum atomic E-state index is 11.5. The topological polar surface area (TPSA) is 49.4 Å². The van der Waals surface area contributed by atoms with Crippen LogP contribution in [0.25, 0.3) is 0 Å². The molecule has 1 rings (SSSR count). The molecule has 1 aromatic carbocycles. The van der Waals surface area contributed by atoms with Crippen LogP contribution in [0.4, 0.5) is 5.69 Å². The maximum absolute atomic E-state index is 11.5. The van der Waals surface area contributed by atoms with E-state index in [4.69, 9.17) is 0 Å². The zero-order chi connectivity index (χ0) is 13.6. The van der Waals surface area contributed by atoms with Crippen molar-refractivity contribution in [2.24, 2.45) is 0 Å². The van der Waals surface area contributed by atoms with Gasteiger partial charge in [0.05, 0.1) is 5.75 Å². The number of hydrogen-bond acceptors (Lipinski definition) is 3. The van der Waals surface area contributed by atoms with Crippen molar-refractivity contribution < 1.29 is 8.42 Å². The third-order valence-corrected chi connectivity index (χ3v) is 4.19. The van der Waals surface area contributed by atoms with E-state index in [1.807, 2.05) is 18.2 Å². The Bertz CT molecular complexity index is 468. The fraction of sp³-hybridized carbons (Fsp3) is 0.538. The highest BCUT2D eigenvalue weighted by Crippen LogP contribution is 2.14. The number of rotatable bonds is 7. The molecular weight excluding hydrogens is 248 g/mol. The van der Waals surface area contributed by atoms with Gasteiger partial charge in [-0.2, -0.15) is 0 Å². The van der Waals surface area contributed by atoms with Crippen LogP contribution in [0.2, 0.25) is 0 Å². The Morgan fingerprint density at radius 2 is 1.83 bits per heavy atom. The Kier molecular flexibility index (Phi) is 5.62. The Morgan fingerprint density at radius 1 is 1.17 bits per heavy atom. The van der Waals surface area contributed by atoms with Gasteiger partial charge < -0.3 is 0 Å². The average molecular weight is 270 g/mol. The van der Waals surface area contributed by atoms with E-state index in [-0.39, 0.29) is 5.75 Å². The Labute approximate surface area is 110 Å². The number of nitrogens with one attached hydrogen (secondary N) is 1. The number of sulfonamides is 1. The van der Waals surface area contributed by atoms with Crippen molar-refractivity contribution in [2.75, 3.05) is 23.6 Å². The lowest BCUT2D eigenvalue weighted by atomic mass is 10.2. The quantitative estimate of drug-likeness (QED) is 0.827. The summed E-state index contributed by atoms with van der Waals surface area (Å²) in [5.41, 5.74) is 1.76. The number of benzene rings is 1. The molecule has 18 heavy (non-hydrogen) atoms. The van der Waals surface area contributed by atoms with Gasteiger partial charge in [0.1, 0.15) is 0 Å². The smallest absolute Gasteiger partial charge is 0.232 e. The van der Waals surface area contributed by atoms with Crippen molar-refractivity contribution in [3.05, 3.63) is 29.8 Å². The highest BCUT2D eigenvalue weighted by Gasteiger charge is 2.07. The minimum Gasteiger partial charge on any atom is -0.300 e. The van der Waals surface area contributed by atoms with Crippen molar-refractivity contribution in [3.8, 4) is 0 Å². The van der Waals surface area contributed by atoms with Crippen molar-refractivity contribution in [3.63, 3.8) is 0 Å². The minimum absolute atomic E-state index is 0.0905.